The Hall–Kier alpha value is -1.79. The molecule has 1 saturated heterocycles. The van der Waals surface area contributed by atoms with Crippen molar-refractivity contribution in [2.75, 3.05) is 39.4 Å². The van der Waals surface area contributed by atoms with Crippen LogP contribution in [-0.2, 0) is 11.3 Å². The average Bonchev–Trinajstić information content (AvgIpc) is 3.08. The van der Waals surface area contributed by atoms with E-state index in [9.17, 15) is 4.79 Å². The Balaban J connectivity index is 1.59. The molecule has 2 aromatic heterocycles. The highest BCUT2D eigenvalue weighted by Crippen LogP contribution is 2.20. The van der Waals surface area contributed by atoms with E-state index >= 15 is 0 Å². The molecule has 0 saturated carbocycles. The quantitative estimate of drug-likeness (QED) is 0.902. The predicted molar refractivity (Wildman–Crippen MR) is 79.5 cm³/mol. The van der Waals surface area contributed by atoms with E-state index < -0.39 is 0 Å². The van der Waals surface area contributed by atoms with Gasteiger partial charge in [-0.1, -0.05) is 0 Å². The van der Waals surface area contributed by atoms with Gasteiger partial charge >= 0.3 is 0 Å². The Morgan fingerprint density at radius 3 is 2.95 bits per heavy atom. The molecule has 0 bridgehead atoms. The largest absolute Gasteiger partial charge is 0.448 e. The van der Waals surface area contributed by atoms with Gasteiger partial charge in [-0.05, 0) is 19.1 Å². The van der Waals surface area contributed by atoms with E-state index in [1.165, 1.54) is 0 Å². The van der Waals surface area contributed by atoms with Crippen LogP contribution in [0.25, 0.3) is 11.1 Å². The Morgan fingerprint density at radius 1 is 1.38 bits per heavy atom. The second-order valence-electron chi connectivity index (χ2n) is 5.16. The zero-order chi connectivity index (χ0) is 14.7. The van der Waals surface area contributed by atoms with Crippen molar-refractivity contribution in [1.29, 1.82) is 0 Å². The summed E-state index contributed by atoms with van der Waals surface area (Å²) in [4.78, 5) is 14.6. The standard InChI is InChI=1S/C15H21N3O3/c1-2-18-13(11-12-3-8-21-15(12)18)14(19)16-4-5-17-6-9-20-10-7-17/h3,8,11H,2,4-7,9-10H2,1H3,(H,16,19). The van der Waals surface area contributed by atoms with Crippen LogP contribution in [0.5, 0.6) is 0 Å². The molecule has 21 heavy (non-hydrogen) atoms. The van der Waals surface area contributed by atoms with Crippen LogP contribution in [-0.4, -0.2) is 54.8 Å². The van der Waals surface area contributed by atoms with Gasteiger partial charge in [-0.15, -0.1) is 0 Å². The van der Waals surface area contributed by atoms with Crippen molar-refractivity contribution in [3.05, 3.63) is 24.1 Å². The SMILES string of the molecule is CCn1c(C(=O)NCCN2CCOCC2)cc2ccoc21. The van der Waals surface area contributed by atoms with Crippen LogP contribution in [0.1, 0.15) is 17.4 Å². The first-order chi connectivity index (χ1) is 10.3. The topological polar surface area (TPSA) is 59.6 Å². The number of morpholine rings is 1. The van der Waals surface area contributed by atoms with Crippen molar-refractivity contribution >= 4 is 17.0 Å². The number of amides is 1. The van der Waals surface area contributed by atoms with Crippen LogP contribution in [0.4, 0.5) is 0 Å². The summed E-state index contributed by atoms with van der Waals surface area (Å²) in [5.74, 6) is -0.0449. The van der Waals surface area contributed by atoms with Gasteiger partial charge in [-0.25, -0.2) is 0 Å². The number of furan rings is 1. The number of nitrogens with one attached hydrogen (secondary N) is 1. The summed E-state index contributed by atoms with van der Waals surface area (Å²) in [5.41, 5.74) is 1.42. The minimum atomic E-state index is -0.0449. The Kier molecular flexibility index (Phi) is 4.26. The first-order valence-corrected chi connectivity index (χ1v) is 7.44. The highest BCUT2D eigenvalue weighted by Gasteiger charge is 2.17. The maximum atomic E-state index is 12.3. The van der Waals surface area contributed by atoms with E-state index in [1.54, 1.807) is 6.26 Å². The van der Waals surface area contributed by atoms with E-state index in [1.807, 2.05) is 23.6 Å². The third kappa shape index (κ3) is 2.96. The molecule has 2 aromatic rings. The fourth-order valence-electron chi connectivity index (χ4n) is 2.72. The summed E-state index contributed by atoms with van der Waals surface area (Å²) in [6.45, 7) is 7.66. The van der Waals surface area contributed by atoms with E-state index in [0.29, 0.717) is 18.8 Å². The molecule has 6 heteroatoms. The van der Waals surface area contributed by atoms with Gasteiger partial charge < -0.3 is 19.0 Å². The van der Waals surface area contributed by atoms with E-state index in [-0.39, 0.29) is 5.91 Å². The van der Waals surface area contributed by atoms with Gasteiger partial charge in [0, 0.05) is 38.1 Å². The Labute approximate surface area is 123 Å². The second kappa shape index (κ2) is 6.32. The number of hydrogen-bond donors (Lipinski definition) is 1. The molecule has 1 N–H and O–H groups in total. The first kappa shape index (κ1) is 14.2. The summed E-state index contributed by atoms with van der Waals surface area (Å²) < 4.78 is 12.6. The van der Waals surface area contributed by atoms with Crippen LogP contribution < -0.4 is 5.32 Å². The molecule has 114 valence electrons. The van der Waals surface area contributed by atoms with Crippen LogP contribution in [0.2, 0.25) is 0 Å². The normalized spacial score (nSPS) is 16.4. The van der Waals surface area contributed by atoms with E-state index in [0.717, 1.165) is 43.9 Å². The fraction of sp³-hybridized carbons (Fsp3) is 0.533. The highest BCUT2D eigenvalue weighted by molar-refractivity contribution is 5.97. The average molecular weight is 291 g/mol. The summed E-state index contributed by atoms with van der Waals surface area (Å²) in [5, 5.41) is 3.96. The van der Waals surface area contributed by atoms with Crippen LogP contribution in [0, 0.1) is 0 Å². The van der Waals surface area contributed by atoms with Gasteiger partial charge in [0.05, 0.1) is 19.5 Å². The number of carbonyl (C=O) groups is 1. The second-order valence-corrected chi connectivity index (χ2v) is 5.16. The molecule has 1 aliphatic heterocycles. The molecular weight excluding hydrogens is 270 g/mol. The number of aromatic nitrogens is 1. The fourth-order valence-corrected chi connectivity index (χ4v) is 2.72. The molecule has 0 aliphatic carbocycles. The number of nitrogens with zero attached hydrogens (tertiary/aromatic N) is 2. The van der Waals surface area contributed by atoms with Crippen LogP contribution >= 0.6 is 0 Å². The maximum absolute atomic E-state index is 12.3. The summed E-state index contributed by atoms with van der Waals surface area (Å²) in [6.07, 6.45) is 1.65. The lowest BCUT2D eigenvalue weighted by atomic mass is 10.3. The van der Waals surface area contributed by atoms with Crippen molar-refractivity contribution in [3.63, 3.8) is 0 Å². The minimum absolute atomic E-state index is 0.0449. The lowest BCUT2D eigenvalue weighted by Crippen LogP contribution is -2.41. The number of rotatable bonds is 5. The van der Waals surface area contributed by atoms with Gasteiger partial charge in [0.1, 0.15) is 5.69 Å². The highest BCUT2D eigenvalue weighted by atomic mass is 16.5. The number of fused-ring (bicyclic) bond motifs is 1. The summed E-state index contributed by atoms with van der Waals surface area (Å²) in [7, 11) is 0. The summed E-state index contributed by atoms with van der Waals surface area (Å²) in [6, 6.07) is 3.76. The van der Waals surface area contributed by atoms with E-state index in [2.05, 4.69) is 10.2 Å². The van der Waals surface area contributed by atoms with Gasteiger partial charge in [0.15, 0.2) is 0 Å². The molecule has 0 atom stereocenters. The molecule has 1 aliphatic rings. The molecule has 6 nitrogen and oxygen atoms in total. The lowest BCUT2D eigenvalue weighted by Gasteiger charge is -2.26. The van der Waals surface area contributed by atoms with Gasteiger partial charge in [0.2, 0.25) is 5.71 Å². The van der Waals surface area contributed by atoms with Crippen molar-refractivity contribution in [1.82, 2.24) is 14.8 Å². The Bertz CT molecular complexity index is 611. The predicted octanol–water partition coefficient (Wildman–Crippen LogP) is 1.32. The number of aryl methyl sites for hydroxylation is 1. The number of hydrogen-bond acceptors (Lipinski definition) is 4. The molecule has 3 rings (SSSR count). The van der Waals surface area contributed by atoms with Gasteiger partial charge in [0.25, 0.3) is 5.91 Å². The third-order valence-corrected chi connectivity index (χ3v) is 3.87. The third-order valence-electron chi connectivity index (χ3n) is 3.87. The molecule has 3 heterocycles. The van der Waals surface area contributed by atoms with Gasteiger partial charge in [-0.2, -0.15) is 0 Å². The van der Waals surface area contributed by atoms with Gasteiger partial charge in [-0.3, -0.25) is 9.69 Å². The molecule has 1 fully saturated rings. The smallest absolute Gasteiger partial charge is 0.268 e. The molecule has 0 radical (unpaired) electrons. The molecule has 0 spiro atoms. The van der Waals surface area contributed by atoms with Crippen LogP contribution in [0.3, 0.4) is 0 Å². The molecule has 1 amide bonds. The zero-order valence-corrected chi connectivity index (χ0v) is 12.3. The maximum Gasteiger partial charge on any atom is 0.268 e. The lowest BCUT2D eigenvalue weighted by molar-refractivity contribution is 0.0383. The molecular formula is C15H21N3O3. The zero-order valence-electron chi connectivity index (χ0n) is 12.3. The van der Waals surface area contributed by atoms with Crippen molar-refractivity contribution in [2.24, 2.45) is 0 Å². The monoisotopic (exact) mass is 291 g/mol. The molecule has 0 aromatic carbocycles. The number of carbonyl (C=O) groups excluding carboxylic acids is 1. The first-order valence-electron chi connectivity index (χ1n) is 7.44. The van der Waals surface area contributed by atoms with Crippen molar-refractivity contribution in [2.45, 2.75) is 13.5 Å². The van der Waals surface area contributed by atoms with Crippen LogP contribution in [0.15, 0.2) is 22.8 Å². The Morgan fingerprint density at radius 2 is 2.19 bits per heavy atom. The number of ether oxygens (including phenoxy) is 1. The van der Waals surface area contributed by atoms with Crippen molar-refractivity contribution in [3.8, 4) is 0 Å². The van der Waals surface area contributed by atoms with E-state index in [4.69, 9.17) is 9.15 Å². The molecule has 0 unspecified atom stereocenters. The minimum Gasteiger partial charge on any atom is -0.448 e. The summed E-state index contributed by atoms with van der Waals surface area (Å²) >= 11 is 0. The van der Waals surface area contributed by atoms with Crippen molar-refractivity contribution < 1.29 is 13.9 Å².